The van der Waals surface area contributed by atoms with E-state index in [2.05, 4.69) is 5.32 Å². The number of amides is 2. The SMILES string of the molecule is Cc1ccc(NC(=O)c2ccccc2N(C)C(=O)C2CC2)cc1. The van der Waals surface area contributed by atoms with Crippen molar-refractivity contribution in [2.24, 2.45) is 5.92 Å². The molecule has 0 atom stereocenters. The molecular formula is C19H20N2O2. The van der Waals surface area contributed by atoms with Gasteiger partial charge in [-0.15, -0.1) is 0 Å². The summed E-state index contributed by atoms with van der Waals surface area (Å²) in [6.45, 7) is 2.00. The van der Waals surface area contributed by atoms with Crippen LogP contribution in [0.3, 0.4) is 0 Å². The first-order chi connectivity index (χ1) is 11.1. The van der Waals surface area contributed by atoms with Crippen molar-refractivity contribution >= 4 is 23.2 Å². The first-order valence-electron chi connectivity index (χ1n) is 7.81. The molecule has 4 nitrogen and oxygen atoms in total. The summed E-state index contributed by atoms with van der Waals surface area (Å²) in [7, 11) is 1.73. The van der Waals surface area contributed by atoms with Crippen LogP contribution in [0.1, 0.15) is 28.8 Å². The number of hydrogen-bond donors (Lipinski definition) is 1. The van der Waals surface area contributed by atoms with Crippen LogP contribution in [0.4, 0.5) is 11.4 Å². The van der Waals surface area contributed by atoms with E-state index < -0.39 is 0 Å². The zero-order chi connectivity index (χ0) is 16.4. The van der Waals surface area contributed by atoms with Gasteiger partial charge in [0, 0.05) is 18.7 Å². The molecule has 1 N–H and O–H groups in total. The maximum absolute atomic E-state index is 12.6. The Kier molecular flexibility index (Phi) is 4.15. The second-order valence-corrected chi connectivity index (χ2v) is 6.01. The van der Waals surface area contributed by atoms with Crippen molar-refractivity contribution in [2.75, 3.05) is 17.3 Å². The summed E-state index contributed by atoms with van der Waals surface area (Å²) >= 11 is 0. The molecule has 0 aromatic heterocycles. The monoisotopic (exact) mass is 308 g/mol. The number of carbonyl (C=O) groups is 2. The lowest BCUT2D eigenvalue weighted by atomic mass is 10.1. The Balaban J connectivity index is 1.82. The molecule has 2 aromatic carbocycles. The van der Waals surface area contributed by atoms with Gasteiger partial charge in [-0.05, 0) is 44.0 Å². The number of para-hydroxylation sites is 1. The third-order valence-corrected chi connectivity index (χ3v) is 4.08. The Labute approximate surface area is 136 Å². The molecular weight excluding hydrogens is 288 g/mol. The van der Waals surface area contributed by atoms with E-state index in [0.29, 0.717) is 11.3 Å². The molecule has 118 valence electrons. The summed E-state index contributed by atoms with van der Waals surface area (Å²) in [6.07, 6.45) is 1.89. The zero-order valence-corrected chi connectivity index (χ0v) is 13.4. The van der Waals surface area contributed by atoms with Crippen LogP contribution >= 0.6 is 0 Å². The standard InChI is InChI=1S/C19H20N2O2/c1-13-7-11-15(12-8-13)20-18(22)16-5-3-4-6-17(16)21(2)19(23)14-9-10-14/h3-8,11-12,14H,9-10H2,1-2H3,(H,20,22). The predicted octanol–water partition coefficient (Wildman–Crippen LogP) is 3.62. The van der Waals surface area contributed by atoms with Crippen molar-refractivity contribution in [2.45, 2.75) is 19.8 Å². The van der Waals surface area contributed by atoms with E-state index in [1.807, 2.05) is 49.4 Å². The fourth-order valence-corrected chi connectivity index (χ4v) is 2.52. The third kappa shape index (κ3) is 3.42. The van der Waals surface area contributed by atoms with Gasteiger partial charge in [-0.3, -0.25) is 9.59 Å². The second-order valence-electron chi connectivity index (χ2n) is 6.01. The Bertz CT molecular complexity index is 733. The molecule has 1 aliphatic carbocycles. The van der Waals surface area contributed by atoms with Gasteiger partial charge in [-0.1, -0.05) is 29.8 Å². The van der Waals surface area contributed by atoms with Gasteiger partial charge in [-0.25, -0.2) is 0 Å². The first kappa shape index (κ1) is 15.3. The molecule has 1 fully saturated rings. The van der Waals surface area contributed by atoms with Crippen LogP contribution in [0.25, 0.3) is 0 Å². The van der Waals surface area contributed by atoms with E-state index in [1.54, 1.807) is 18.0 Å². The number of rotatable bonds is 4. The Morgan fingerprint density at radius 3 is 2.35 bits per heavy atom. The molecule has 0 heterocycles. The molecule has 2 aromatic rings. The van der Waals surface area contributed by atoms with Crippen molar-refractivity contribution in [1.82, 2.24) is 0 Å². The van der Waals surface area contributed by atoms with Crippen LogP contribution in [-0.4, -0.2) is 18.9 Å². The van der Waals surface area contributed by atoms with Crippen molar-refractivity contribution in [3.63, 3.8) is 0 Å². The molecule has 0 saturated heterocycles. The fraction of sp³-hybridized carbons (Fsp3) is 0.263. The highest BCUT2D eigenvalue weighted by Gasteiger charge is 2.33. The predicted molar refractivity (Wildman–Crippen MR) is 91.7 cm³/mol. The van der Waals surface area contributed by atoms with Gasteiger partial charge >= 0.3 is 0 Å². The summed E-state index contributed by atoms with van der Waals surface area (Å²) in [4.78, 5) is 26.5. The number of nitrogens with zero attached hydrogens (tertiary/aromatic N) is 1. The van der Waals surface area contributed by atoms with Gasteiger partial charge in [-0.2, -0.15) is 0 Å². The molecule has 23 heavy (non-hydrogen) atoms. The van der Waals surface area contributed by atoms with Gasteiger partial charge in [0.25, 0.3) is 5.91 Å². The van der Waals surface area contributed by atoms with Gasteiger partial charge in [0.05, 0.1) is 11.3 Å². The summed E-state index contributed by atoms with van der Waals surface area (Å²) in [5.74, 6) is -0.00583. The number of benzene rings is 2. The van der Waals surface area contributed by atoms with E-state index >= 15 is 0 Å². The molecule has 0 unspecified atom stereocenters. The van der Waals surface area contributed by atoms with E-state index in [-0.39, 0.29) is 17.7 Å². The fourth-order valence-electron chi connectivity index (χ4n) is 2.52. The average Bonchev–Trinajstić information content (AvgIpc) is 3.40. The highest BCUT2D eigenvalue weighted by atomic mass is 16.2. The number of aryl methyl sites for hydroxylation is 1. The van der Waals surface area contributed by atoms with Gasteiger partial charge in [0.1, 0.15) is 0 Å². The number of nitrogens with one attached hydrogen (secondary N) is 1. The Morgan fingerprint density at radius 1 is 1.04 bits per heavy atom. The number of anilines is 2. The lowest BCUT2D eigenvalue weighted by Gasteiger charge is -2.20. The van der Waals surface area contributed by atoms with Gasteiger partial charge < -0.3 is 10.2 Å². The molecule has 0 radical (unpaired) electrons. The van der Waals surface area contributed by atoms with Gasteiger partial charge in [0.15, 0.2) is 0 Å². The smallest absolute Gasteiger partial charge is 0.257 e. The molecule has 2 amide bonds. The minimum atomic E-state index is -0.208. The summed E-state index contributed by atoms with van der Waals surface area (Å²) in [5, 5.41) is 2.89. The van der Waals surface area contributed by atoms with Crippen LogP contribution < -0.4 is 10.2 Å². The number of hydrogen-bond acceptors (Lipinski definition) is 2. The van der Waals surface area contributed by atoms with E-state index in [0.717, 1.165) is 24.1 Å². The Morgan fingerprint density at radius 2 is 1.70 bits per heavy atom. The number of carbonyl (C=O) groups excluding carboxylic acids is 2. The largest absolute Gasteiger partial charge is 0.322 e. The molecule has 3 rings (SSSR count). The molecule has 1 saturated carbocycles. The van der Waals surface area contributed by atoms with Crippen molar-refractivity contribution in [3.05, 3.63) is 59.7 Å². The highest BCUT2D eigenvalue weighted by molar-refractivity contribution is 6.10. The van der Waals surface area contributed by atoms with Crippen LogP contribution in [0.5, 0.6) is 0 Å². The van der Waals surface area contributed by atoms with Crippen LogP contribution in [0.2, 0.25) is 0 Å². The summed E-state index contributed by atoms with van der Waals surface area (Å²) in [6, 6.07) is 14.8. The lowest BCUT2D eigenvalue weighted by Crippen LogP contribution is -2.29. The normalized spacial score (nSPS) is 13.5. The second kappa shape index (κ2) is 6.24. The third-order valence-electron chi connectivity index (χ3n) is 4.08. The summed E-state index contributed by atoms with van der Waals surface area (Å²) in [5.41, 5.74) is 3.03. The van der Waals surface area contributed by atoms with E-state index in [1.165, 1.54) is 0 Å². The quantitative estimate of drug-likeness (QED) is 0.938. The van der Waals surface area contributed by atoms with Crippen LogP contribution in [-0.2, 0) is 4.79 Å². The van der Waals surface area contributed by atoms with Crippen LogP contribution in [0.15, 0.2) is 48.5 Å². The molecule has 0 spiro atoms. The van der Waals surface area contributed by atoms with E-state index in [4.69, 9.17) is 0 Å². The molecule has 0 bridgehead atoms. The molecule has 1 aliphatic rings. The first-order valence-corrected chi connectivity index (χ1v) is 7.81. The Hall–Kier alpha value is -2.62. The topological polar surface area (TPSA) is 49.4 Å². The molecule has 4 heteroatoms. The van der Waals surface area contributed by atoms with E-state index in [9.17, 15) is 9.59 Å². The maximum Gasteiger partial charge on any atom is 0.257 e. The van der Waals surface area contributed by atoms with Crippen molar-refractivity contribution < 1.29 is 9.59 Å². The summed E-state index contributed by atoms with van der Waals surface area (Å²) < 4.78 is 0. The minimum absolute atomic E-state index is 0.0839. The zero-order valence-electron chi connectivity index (χ0n) is 13.4. The van der Waals surface area contributed by atoms with Gasteiger partial charge in [0.2, 0.25) is 5.91 Å². The van der Waals surface area contributed by atoms with Crippen molar-refractivity contribution in [1.29, 1.82) is 0 Å². The van der Waals surface area contributed by atoms with Crippen molar-refractivity contribution in [3.8, 4) is 0 Å². The maximum atomic E-state index is 12.6. The lowest BCUT2D eigenvalue weighted by molar-refractivity contribution is -0.119. The highest BCUT2D eigenvalue weighted by Crippen LogP contribution is 2.33. The van der Waals surface area contributed by atoms with Crippen LogP contribution in [0, 0.1) is 12.8 Å². The molecule has 0 aliphatic heterocycles. The average molecular weight is 308 g/mol. The minimum Gasteiger partial charge on any atom is -0.322 e.